The second-order valence-corrected chi connectivity index (χ2v) is 3.02. The Morgan fingerprint density at radius 2 is 2.43 bits per heavy atom. The van der Waals surface area contributed by atoms with E-state index in [1.807, 2.05) is 4.68 Å². The highest BCUT2D eigenvalue weighted by Gasteiger charge is 2.00. The van der Waals surface area contributed by atoms with Crippen LogP contribution < -0.4 is 5.32 Å². The molecule has 0 bridgehead atoms. The number of nitrogens with zero attached hydrogens (tertiary/aromatic N) is 3. The molecule has 1 aromatic rings. The molecule has 0 amide bonds. The van der Waals surface area contributed by atoms with Crippen molar-refractivity contribution in [3.05, 3.63) is 12.2 Å². The van der Waals surface area contributed by atoms with Crippen LogP contribution in [0.4, 0.5) is 0 Å². The molecule has 0 fully saturated rings. The summed E-state index contributed by atoms with van der Waals surface area (Å²) in [5.74, 6) is 0.991. The summed E-state index contributed by atoms with van der Waals surface area (Å²) < 4.78 is 6.84. The predicted octanol–water partition coefficient (Wildman–Crippen LogP) is 0.424. The monoisotopic (exact) mass is 198 g/mol. The highest BCUT2D eigenvalue weighted by molar-refractivity contribution is 4.83. The summed E-state index contributed by atoms with van der Waals surface area (Å²) in [5, 5.41) is 7.38. The van der Waals surface area contributed by atoms with Crippen molar-refractivity contribution in [3.8, 4) is 0 Å². The maximum absolute atomic E-state index is 4.95. The van der Waals surface area contributed by atoms with Crippen molar-refractivity contribution in [2.75, 3.05) is 20.3 Å². The van der Waals surface area contributed by atoms with E-state index in [0.717, 1.165) is 38.5 Å². The molecule has 0 spiro atoms. The maximum Gasteiger partial charge on any atom is 0.140 e. The van der Waals surface area contributed by atoms with Gasteiger partial charge in [-0.1, -0.05) is 0 Å². The molecule has 1 N–H and O–H groups in total. The molecule has 0 aliphatic heterocycles. The molecule has 14 heavy (non-hydrogen) atoms. The molecule has 1 heterocycles. The van der Waals surface area contributed by atoms with Gasteiger partial charge in [-0.3, -0.25) is 0 Å². The molecule has 0 aliphatic carbocycles. The molecule has 0 aromatic carbocycles. The summed E-state index contributed by atoms with van der Waals surface area (Å²) in [5.41, 5.74) is 0. The first-order chi connectivity index (χ1) is 6.88. The van der Waals surface area contributed by atoms with Crippen molar-refractivity contribution < 1.29 is 4.74 Å². The van der Waals surface area contributed by atoms with Gasteiger partial charge >= 0.3 is 0 Å². The molecule has 0 unspecified atom stereocenters. The number of aromatic nitrogens is 3. The zero-order valence-electron chi connectivity index (χ0n) is 8.86. The van der Waals surface area contributed by atoms with E-state index in [4.69, 9.17) is 4.74 Å². The Morgan fingerprint density at radius 1 is 1.57 bits per heavy atom. The molecule has 0 saturated carbocycles. The molecule has 0 radical (unpaired) electrons. The third-order valence-electron chi connectivity index (χ3n) is 1.98. The Bertz CT molecular complexity index is 249. The Balaban J connectivity index is 2.17. The van der Waals surface area contributed by atoms with Gasteiger partial charge in [0.1, 0.15) is 12.2 Å². The molecule has 80 valence electrons. The highest BCUT2D eigenvalue weighted by atomic mass is 16.5. The smallest absolute Gasteiger partial charge is 0.140 e. The topological polar surface area (TPSA) is 52.0 Å². The van der Waals surface area contributed by atoms with E-state index in [1.54, 1.807) is 13.4 Å². The van der Waals surface area contributed by atoms with Crippen LogP contribution in [0.2, 0.25) is 0 Å². The third kappa shape index (κ3) is 3.43. The Kier molecular flexibility index (Phi) is 5.17. The largest absolute Gasteiger partial charge is 0.385 e. The van der Waals surface area contributed by atoms with Gasteiger partial charge in [0, 0.05) is 20.3 Å². The van der Waals surface area contributed by atoms with Crippen molar-refractivity contribution in [3.63, 3.8) is 0 Å². The van der Waals surface area contributed by atoms with Crippen LogP contribution in [0.5, 0.6) is 0 Å². The summed E-state index contributed by atoms with van der Waals surface area (Å²) >= 11 is 0. The van der Waals surface area contributed by atoms with Crippen LogP contribution >= 0.6 is 0 Å². The van der Waals surface area contributed by atoms with Gasteiger partial charge in [0.15, 0.2) is 0 Å². The summed E-state index contributed by atoms with van der Waals surface area (Å²) in [6.07, 6.45) is 2.62. The maximum atomic E-state index is 4.95. The lowest BCUT2D eigenvalue weighted by atomic mass is 10.4. The first-order valence-electron chi connectivity index (χ1n) is 4.94. The van der Waals surface area contributed by atoms with Gasteiger partial charge in [-0.25, -0.2) is 9.67 Å². The number of ether oxygens (including phenoxy) is 1. The van der Waals surface area contributed by atoms with Crippen molar-refractivity contribution in [1.82, 2.24) is 20.1 Å². The number of nitrogens with one attached hydrogen (secondary N) is 1. The van der Waals surface area contributed by atoms with E-state index in [2.05, 4.69) is 22.3 Å². The van der Waals surface area contributed by atoms with Crippen LogP contribution in [-0.4, -0.2) is 35.0 Å². The van der Waals surface area contributed by atoms with Crippen LogP contribution in [0, 0.1) is 0 Å². The highest BCUT2D eigenvalue weighted by Crippen LogP contribution is 1.92. The average Bonchev–Trinajstić information content (AvgIpc) is 2.65. The summed E-state index contributed by atoms with van der Waals surface area (Å²) in [6, 6.07) is 0. The fourth-order valence-electron chi connectivity index (χ4n) is 1.23. The predicted molar refractivity (Wildman–Crippen MR) is 53.9 cm³/mol. The van der Waals surface area contributed by atoms with Crippen LogP contribution in [-0.2, 0) is 17.8 Å². The Morgan fingerprint density at radius 3 is 3.14 bits per heavy atom. The van der Waals surface area contributed by atoms with Gasteiger partial charge in [0.05, 0.1) is 6.54 Å². The lowest BCUT2D eigenvalue weighted by molar-refractivity contribution is 0.194. The van der Waals surface area contributed by atoms with Gasteiger partial charge in [-0.15, -0.1) is 0 Å². The number of methoxy groups -OCH3 is 1. The zero-order chi connectivity index (χ0) is 10.2. The van der Waals surface area contributed by atoms with Gasteiger partial charge in [-0.2, -0.15) is 5.10 Å². The number of rotatable bonds is 7. The molecule has 0 saturated heterocycles. The minimum Gasteiger partial charge on any atom is -0.385 e. The summed E-state index contributed by atoms with van der Waals surface area (Å²) in [7, 11) is 1.72. The SMILES string of the molecule is CCn1ncnc1CNCCCOC. The van der Waals surface area contributed by atoms with Crippen LogP contribution in [0.1, 0.15) is 19.2 Å². The summed E-state index contributed by atoms with van der Waals surface area (Å²) in [4.78, 5) is 4.16. The van der Waals surface area contributed by atoms with Gasteiger partial charge in [0.25, 0.3) is 0 Å². The fourth-order valence-corrected chi connectivity index (χ4v) is 1.23. The van der Waals surface area contributed by atoms with E-state index >= 15 is 0 Å². The second kappa shape index (κ2) is 6.50. The van der Waals surface area contributed by atoms with Crippen molar-refractivity contribution in [2.45, 2.75) is 26.4 Å². The quantitative estimate of drug-likeness (QED) is 0.645. The van der Waals surface area contributed by atoms with Crippen molar-refractivity contribution >= 4 is 0 Å². The second-order valence-electron chi connectivity index (χ2n) is 3.02. The molecule has 0 aliphatic rings. The normalized spacial score (nSPS) is 10.7. The van der Waals surface area contributed by atoms with E-state index in [0.29, 0.717) is 0 Å². The molecule has 5 nitrogen and oxygen atoms in total. The number of hydrogen-bond acceptors (Lipinski definition) is 4. The first kappa shape index (κ1) is 11.1. The van der Waals surface area contributed by atoms with Crippen molar-refractivity contribution in [2.24, 2.45) is 0 Å². The third-order valence-corrected chi connectivity index (χ3v) is 1.98. The lowest BCUT2D eigenvalue weighted by Gasteiger charge is -2.04. The first-order valence-corrected chi connectivity index (χ1v) is 4.94. The van der Waals surface area contributed by atoms with E-state index < -0.39 is 0 Å². The average molecular weight is 198 g/mol. The van der Waals surface area contributed by atoms with Gasteiger partial charge < -0.3 is 10.1 Å². The number of aryl methyl sites for hydroxylation is 1. The van der Waals surface area contributed by atoms with E-state index in [1.165, 1.54) is 0 Å². The summed E-state index contributed by atoms with van der Waals surface area (Å²) in [6.45, 7) is 5.45. The van der Waals surface area contributed by atoms with Crippen LogP contribution in [0.3, 0.4) is 0 Å². The number of hydrogen-bond donors (Lipinski definition) is 1. The molecule has 1 aromatic heterocycles. The fraction of sp³-hybridized carbons (Fsp3) is 0.778. The van der Waals surface area contributed by atoms with Crippen LogP contribution in [0.25, 0.3) is 0 Å². The molecule has 1 rings (SSSR count). The van der Waals surface area contributed by atoms with Crippen LogP contribution in [0.15, 0.2) is 6.33 Å². The molecule has 5 heteroatoms. The van der Waals surface area contributed by atoms with Gasteiger partial charge in [0.2, 0.25) is 0 Å². The standard InChI is InChI=1S/C9H18N4O/c1-3-13-9(11-8-12-13)7-10-5-4-6-14-2/h8,10H,3-7H2,1-2H3. The zero-order valence-corrected chi connectivity index (χ0v) is 8.86. The van der Waals surface area contributed by atoms with Gasteiger partial charge in [-0.05, 0) is 19.9 Å². The minimum absolute atomic E-state index is 0.775. The lowest BCUT2D eigenvalue weighted by Crippen LogP contribution is -2.19. The van der Waals surface area contributed by atoms with Crippen molar-refractivity contribution in [1.29, 1.82) is 0 Å². The molecular weight excluding hydrogens is 180 g/mol. The minimum atomic E-state index is 0.775. The Hall–Kier alpha value is -0.940. The van der Waals surface area contributed by atoms with E-state index in [-0.39, 0.29) is 0 Å². The van der Waals surface area contributed by atoms with E-state index in [9.17, 15) is 0 Å². The molecule has 0 atom stereocenters. The Labute approximate surface area is 84.5 Å². The molecular formula is C9H18N4O.